The molecule has 5 heteroatoms. The number of halogens is 1. The van der Waals surface area contributed by atoms with Crippen LogP contribution >= 0.6 is 23.4 Å². The van der Waals surface area contributed by atoms with Crippen LogP contribution in [0.15, 0.2) is 23.4 Å². The first-order chi connectivity index (χ1) is 9.51. The summed E-state index contributed by atoms with van der Waals surface area (Å²) in [5, 5.41) is 14.5. The average Bonchev–Trinajstić information content (AvgIpc) is 2.44. The molecule has 0 aliphatic heterocycles. The standard InChI is InChI=1S/C15H22ClN3S/c1-4-15(11-17,19-12(2)3)8-5-9-20-14-7-6-13(16)10-18-14/h6-7,10,12,19H,4-5,8-9H2,1-3H3. The molecule has 1 unspecified atom stereocenters. The normalized spacial score (nSPS) is 14.0. The second kappa shape index (κ2) is 8.51. The molecule has 0 aliphatic carbocycles. The molecule has 0 aromatic carbocycles. The lowest BCUT2D eigenvalue weighted by Crippen LogP contribution is -2.47. The molecule has 0 saturated heterocycles. The highest BCUT2D eigenvalue weighted by atomic mass is 35.5. The summed E-state index contributed by atoms with van der Waals surface area (Å²) < 4.78 is 0. The molecule has 0 saturated carbocycles. The van der Waals surface area contributed by atoms with Crippen LogP contribution in [-0.4, -0.2) is 22.3 Å². The molecule has 0 amide bonds. The lowest BCUT2D eigenvalue weighted by atomic mass is 9.91. The number of nitriles is 1. The minimum atomic E-state index is -0.401. The van der Waals surface area contributed by atoms with E-state index < -0.39 is 5.54 Å². The van der Waals surface area contributed by atoms with Crippen molar-refractivity contribution in [2.24, 2.45) is 0 Å². The summed E-state index contributed by atoms with van der Waals surface area (Å²) in [6.45, 7) is 6.22. The lowest BCUT2D eigenvalue weighted by molar-refractivity contribution is 0.341. The first-order valence-corrected chi connectivity index (χ1v) is 8.31. The third kappa shape index (κ3) is 5.70. The van der Waals surface area contributed by atoms with Gasteiger partial charge in [-0.05, 0) is 51.0 Å². The predicted octanol–water partition coefficient (Wildman–Crippen LogP) is 4.28. The van der Waals surface area contributed by atoms with Gasteiger partial charge in [0.15, 0.2) is 0 Å². The van der Waals surface area contributed by atoms with Crippen LogP contribution < -0.4 is 5.32 Å². The molecule has 1 rings (SSSR count). The van der Waals surface area contributed by atoms with Crippen molar-refractivity contribution < 1.29 is 0 Å². The van der Waals surface area contributed by atoms with Gasteiger partial charge in [-0.2, -0.15) is 5.26 Å². The maximum atomic E-state index is 9.43. The molecule has 110 valence electrons. The maximum absolute atomic E-state index is 9.43. The summed E-state index contributed by atoms with van der Waals surface area (Å²) in [4.78, 5) is 4.25. The van der Waals surface area contributed by atoms with Gasteiger partial charge in [0.1, 0.15) is 5.54 Å². The molecule has 1 N–H and O–H groups in total. The van der Waals surface area contributed by atoms with Crippen LogP contribution in [0.1, 0.15) is 40.0 Å². The number of aromatic nitrogens is 1. The zero-order chi connectivity index (χ0) is 15.0. The Bertz CT molecular complexity index is 441. The van der Waals surface area contributed by atoms with Crippen LogP contribution in [0.5, 0.6) is 0 Å². The van der Waals surface area contributed by atoms with Crippen molar-refractivity contribution in [2.75, 3.05) is 5.75 Å². The van der Waals surface area contributed by atoms with Gasteiger partial charge in [-0.3, -0.25) is 5.32 Å². The number of hydrogen-bond donors (Lipinski definition) is 1. The summed E-state index contributed by atoms with van der Waals surface area (Å²) in [5.41, 5.74) is -0.401. The Kier molecular flexibility index (Phi) is 7.36. The van der Waals surface area contributed by atoms with E-state index in [-0.39, 0.29) is 0 Å². The summed E-state index contributed by atoms with van der Waals surface area (Å²) in [7, 11) is 0. The van der Waals surface area contributed by atoms with Crippen molar-refractivity contribution >= 4 is 23.4 Å². The quantitative estimate of drug-likeness (QED) is 0.575. The number of nitrogens with zero attached hydrogens (tertiary/aromatic N) is 2. The van der Waals surface area contributed by atoms with Crippen molar-refractivity contribution in [3.05, 3.63) is 23.4 Å². The third-order valence-corrected chi connectivity index (χ3v) is 4.33. The van der Waals surface area contributed by atoms with Crippen LogP contribution in [0.25, 0.3) is 0 Å². The van der Waals surface area contributed by atoms with Gasteiger partial charge in [0, 0.05) is 12.2 Å². The highest BCUT2D eigenvalue weighted by Gasteiger charge is 2.27. The van der Waals surface area contributed by atoms with E-state index in [1.807, 2.05) is 12.1 Å². The molecule has 3 nitrogen and oxygen atoms in total. The number of nitrogens with one attached hydrogen (secondary N) is 1. The van der Waals surface area contributed by atoms with E-state index >= 15 is 0 Å². The molecule has 0 bridgehead atoms. The summed E-state index contributed by atoms with van der Waals surface area (Å²) >= 11 is 7.51. The van der Waals surface area contributed by atoms with Gasteiger partial charge in [0.05, 0.1) is 16.1 Å². The van der Waals surface area contributed by atoms with Crippen LogP contribution in [0.2, 0.25) is 5.02 Å². The Balaban J connectivity index is 2.41. The molecule has 1 aromatic heterocycles. The fraction of sp³-hybridized carbons (Fsp3) is 0.600. The molecular formula is C15H22ClN3S. The van der Waals surface area contributed by atoms with Gasteiger partial charge >= 0.3 is 0 Å². The molecule has 0 fully saturated rings. The summed E-state index contributed by atoms with van der Waals surface area (Å²) in [6.07, 6.45) is 4.33. The van der Waals surface area contributed by atoms with E-state index in [9.17, 15) is 5.26 Å². The van der Waals surface area contributed by atoms with E-state index in [0.29, 0.717) is 11.1 Å². The van der Waals surface area contributed by atoms with Gasteiger partial charge in [-0.25, -0.2) is 4.98 Å². The third-order valence-electron chi connectivity index (χ3n) is 3.08. The fourth-order valence-electron chi connectivity index (χ4n) is 2.07. The zero-order valence-electron chi connectivity index (χ0n) is 12.3. The second-order valence-electron chi connectivity index (χ2n) is 5.11. The van der Waals surface area contributed by atoms with E-state index in [0.717, 1.165) is 30.0 Å². The molecule has 0 spiro atoms. The number of rotatable bonds is 8. The Labute approximate surface area is 131 Å². The Morgan fingerprint density at radius 1 is 1.50 bits per heavy atom. The first-order valence-electron chi connectivity index (χ1n) is 6.94. The fourth-order valence-corrected chi connectivity index (χ4v) is 2.97. The van der Waals surface area contributed by atoms with Gasteiger partial charge < -0.3 is 0 Å². The van der Waals surface area contributed by atoms with Crippen molar-refractivity contribution in [3.63, 3.8) is 0 Å². The van der Waals surface area contributed by atoms with Crippen molar-refractivity contribution in [3.8, 4) is 6.07 Å². The average molecular weight is 312 g/mol. The zero-order valence-corrected chi connectivity index (χ0v) is 13.9. The van der Waals surface area contributed by atoms with Crippen molar-refractivity contribution in [1.29, 1.82) is 5.26 Å². The molecule has 1 aromatic rings. The Morgan fingerprint density at radius 3 is 2.75 bits per heavy atom. The van der Waals surface area contributed by atoms with Crippen LogP contribution in [0, 0.1) is 11.3 Å². The second-order valence-corrected chi connectivity index (χ2v) is 6.66. The van der Waals surface area contributed by atoms with Gasteiger partial charge in [0.2, 0.25) is 0 Å². The molecule has 20 heavy (non-hydrogen) atoms. The highest BCUT2D eigenvalue weighted by molar-refractivity contribution is 7.99. The maximum Gasteiger partial charge on any atom is 0.106 e. The first kappa shape index (κ1) is 17.3. The van der Waals surface area contributed by atoms with E-state index in [2.05, 4.69) is 37.1 Å². The molecule has 0 aliphatic rings. The minimum Gasteiger partial charge on any atom is -0.297 e. The molecule has 1 atom stereocenters. The smallest absolute Gasteiger partial charge is 0.106 e. The lowest BCUT2D eigenvalue weighted by Gasteiger charge is -2.29. The summed E-state index contributed by atoms with van der Waals surface area (Å²) in [6, 6.07) is 6.55. The van der Waals surface area contributed by atoms with Crippen molar-refractivity contribution in [1.82, 2.24) is 10.3 Å². The van der Waals surface area contributed by atoms with Gasteiger partial charge in [-0.1, -0.05) is 18.5 Å². The van der Waals surface area contributed by atoms with Gasteiger partial charge in [0.25, 0.3) is 0 Å². The monoisotopic (exact) mass is 311 g/mol. The van der Waals surface area contributed by atoms with Crippen LogP contribution in [0.4, 0.5) is 0 Å². The number of thioether (sulfide) groups is 1. The minimum absolute atomic E-state index is 0.320. The summed E-state index contributed by atoms with van der Waals surface area (Å²) in [5.74, 6) is 0.956. The van der Waals surface area contributed by atoms with Gasteiger partial charge in [-0.15, -0.1) is 11.8 Å². The Morgan fingerprint density at radius 2 is 2.25 bits per heavy atom. The van der Waals surface area contributed by atoms with Crippen molar-refractivity contribution in [2.45, 2.75) is 56.6 Å². The van der Waals surface area contributed by atoms with E-state index in [1.165, 1.54) is 0 Å². The molecular weight excluding hydrogens is 290 g/mol. The van der Waals surface area contributed by atoms with E-state index in [4.69, 9.17) is 11.6 Å². The Hall–Kier alpha value is -0.760. The highest BCUT2D eigenvalue weighted by Crippen LogP contribution is 2.22. The number of pyridine rings is 1. The largest absolute Gasteiger partial charge is 0.297 e. The SMILES string of the molecule is CCC(C#N)(CCCSc1ccc(Cl)cn1)NC(C)C. The predicted molar refractivity (Wildman–Crippen MR) is 86.1 cm³/mol. The number of hydrogen-bond acceptors (Lipinski definition) is 4. The topological polar surface area (TPSA) is 48.7 Å². The van der Waals surface area contributed by atoms with Crippen LogP contribution in [-0.2, 0) is 0 Å². The molecule has 0 radical (unpaired) electrons. The van der Waals surface area contributed by atoms with Crippen LogP contribution in [0.3, 0.4) is 0 Å². The van der Waals surface area contributed by atoms with E-state index in [1.54, 1.807) is 18.0 Å². The molecule has 1 heterocycles.